The van der Waals surface area contributed by atoms with Crippen LogP contribution < -0.4 is 9.47 Å². The van der Waals surface area contributed by atoms with Gasteiger partial charge in [0.05, 0.1) is 19.8 Å². The fourth-order valence-corrected chi connectivity index (χ4v) is 3.86. The Bertz CT molecular complexity index is 786. The van der Waals surface area contributed by atoms with E-state index in [1.165, 1.54) is 0 Å². The number of methoxy groups -OCH3 is 1. The lowest BCUT2D eigenvalue weighted by Gasteiger charge is -2.36. The minimum Gasteiger partial charge on any atom is -0.497 e. The predicted molar refractivity (Wildman–Crippen MR) is 96.3 cm³/mol. The van der Waals surface area contributed by atoms with Crippen molar-refractivity contribution in [2.75, 3.05) is 20.3 Å². The summed E-state index contributed by atoms with van der Waals surface area (Å²) in [5, 5.41) is 0. The maximum atomic E-state index is 13.2. The average Bonchev–Trinajstić information content (AvgIpc) is 3.15. The van der Waals surface area contributed by atoms with Crippen LogP contribution in [0.25, 0.3) is 0 Å². The predicted octanol–water partition coefficient (Wildman–Crippen LogP) is 4.00. The van der Waals surface area contributed by atoms with Gasteiger partial charge in [0.15, 0.2) is 0 Å². The summed E-state index contributed by atoms with van der Waals surface area (Å²) >= 11 is 0. The van der Waals surface area contributed by atoms with Crippen molar-refractivity contribution in [1.82, 2.24) is 4.90 Å². The number of likely N-dealkylation sites (tertiary alicyclic amines) is 1. The molecule has 2 aliphatic rings. The fourth-order valence-electron chi connectivity index (χ4n) is 3.86. The largest absolute Gasteiger partial charge is 0.497 e. The van der Waals surface area contributed by atoms with Crippen LogP contribution in [0.2, 0.25) is 0 Å². The third-order valence-electron chi connectivity index (χ3n) is 5.18. The number of ether oxygens (including phenoxy) is 2. The van der Waals surface area contributed by atoms with Crippen LogP contribution >= 0.6 is 0 Å². The zero-order valence-corrected chi connectivity index (χ0v) is 14.5. The molecule has 130 valence electrons. The summed E-state index contributed by atoms with van der Waals surface area (Å²) in [4.78, 5) is 15.2. The Kier molecular flexibility index (Phi) is 4.35. The van der Waals surface area contributed by atoms with E-state index in [0.29, 0.717) is 6.61 Å². The van der Waals surface area contributed by atoms with E-state index >= 15 is 0 Å². The summed E-state index contributed by atoms with van der Waals surface area (Å²) in [5.41, 5.74) is 3.05. The van der Waals surface area contributed by atoms with Crippen molar-refractivity contribution >= 4 is 5.91 Å². The van der Waals surface area contributed by atoms with Crippen molar-refractivity contribution in [2.24, 2.45) is 0 Å². The lowest BCUT2D eigenvalue weighted by Crippen LogP contribution is -2.38. The molecule has 0 unspecified atom stereocenters. The summed E-state index contributed by atoms with van der Waals surface area (Å²) in [7, 11) is 1.68. The van der Waals surface area contributed by atoms with Crippen LogP contribution in [-0.4, -0.2) is 31.1 Å². The topological polar surface area (TPSA) is 38.8 Å². The number of amides is 1. The number of rotatable bonds is 3. The molecule has 0 saturated carbocycles. The lowest BCUT2D eigenvalue weighted by molar-refractivity contribution is 0.0611. The smallest absolute Gasteiger partial charge is 0.254 e. The summed E-state index contributed by atoms with van der Waals surface area (Å²) in [6.45, 7) is 1.51. The first-order valence-electron chi connectivity index (χ1n) is 8.97. The molecule has 4 nitrogen and oxygen atoms in total. The molecule has 1 fully saturated rings. The number of carbonyl (C=O) groups is 1. The molecule has 25 heavy (non-hydrogen) atoms. The molecule has 2 heterocycles. The highest BCUT2D eigenvalue weighted by Gasteiger charge is 2.29. The molecular formula is C21H23NO3. The second kappa shape index (κ2) is 6.79. The molecule has 0 spiro atoms. The van der Waals surface area contributed by atoms with E-state index in [0.717, 1.165) is 60.4 Å². The van der Waals surface area contributed by atoms with Gasteiger partial charge >= 0.3 is 0 Å². The third-order valence-corrected chi connectivity index (χ3v) is 5.18. The molecule has 2 aliphatic heterocycles. The van der Waals surface area contributed by atoms with Crippen LogP contribution in [0.4, 0.5) is 0 Å². The van der Waals surface area contributed by atoms with E-state index in [4.69, 9.17) is 9.47 Å². The van der Waals surface area contributed by atoms with Gasteiger partial charge in [0.1, 0.15) is 11.5 Å². The number of hydrogen-bond acceptors (Lipinski definition) is 3. The number of nitrogens with zero attached hydrogens (tertiary/aromatic N) is 1. The summed E-state index contributed by atoms with van der Waals surface area (Å²) in [6.07, 6.45) is 4.08. The second-order valence-electron chi connectivity index (χ2n) is 6.71. The number of carbonyl (C=O) groups excluding carboxylic acids is 1. The first-order chi connectivity index (χ1) is 12.3. The Morgan fingerprint density at radius 3 is 3.00 bits per heavy atom. The Labute approximate surface area is 148 Å². The van der Waals surface area contributed by atoms with Gasteiger partial charge in [-0.15, -0.1) is 0 Å². The molecule has 0 aromatic heterocycles. The number of benzene rings is 2. The maximum absolute atomic E-state index is 13.2. The molecule has 4 heteroatoms. The van der Waals surface area contributed by atoms with Crippen LogP contribution in [-0.2, 0) is 6.42 Å². The first-order valence-corrected chi connectivity index (χ1v) is 8.97. The molecule has 0 N–H and O–H groups in total. The molecule has 0 radical (unpaired) electrons. The van der Waals surface area contributed by atoms with Gasteiger partial charge in [-0.2, -0.15) is 0 Å². The van der Waals surface area contributed by atoms with Gasteiger partial charge in [-0.1, -0.05) is 12.1 Å². The zero-order valence-electron chi connectivity index (χ0n) is 14.5. The SMILES string of the molecule is COc1cccc([C@@H]2CCCCN2C(=O)c2ccc3c(c2)CCO3)c1. The number of piperidine rings is 1. The van der Waals surface area contributed by atoms with E-state index in [1.54, 1.807) is 7.11 Å². The summed E-state index contributed by atoms with van der Waals surface area (Å²) < 4.78 is 10.9. The van der Waals surface area contributed by atoms with Gasteiger partial charge in [0.25, 0.3) is 5.91 Å². The number of hydrogen-bond donors (Lipinski definition) is 0. The fraction of sp³-hybridized carbons (Fsp3) is 0.381. The van der Waals surface area contributed by atoms with Gasteiger partial charge in [-0.25, -0.2) is 0 Å². The highest BCUT2D eigenvalue weighted by molar-refractivity contribution is 5.95. The molecule has 0 bridgehead atoms. The third kappa shape index (κ3) is 3.09. The van der Waals surface area contributed by atoms with E-state index < -0.39 is 0 Å². The highest BCUT2D eigenvalue weighted by Crippen LogP contribution is 2.34. The van der Waals surface area contributed by atoms with Crippen molar-refractivity contribution in [2.45, 2.75) is 31.7 Å². The maximum Gasteiger partial charge on any atom is 0.254 e. The molecule has 4 rings (SSSR count). The van der Waals surface area contributed by atoms with Gasteiger partial charge < -0.3 is 14.4 Å². The number of fused-ring (bicyclic) bond motifs is 1. The van der Waals surface area contributed by atoms with Gasteiger partial charge in [0.2, 0.25) is 0 Å². The second-order valence-corrected chi connectivity index (χ2v) is 6.71. The van der Waals surface area contributed by atoms with Crippen molar-refractivity contribution in [3.05, 3.63) is 59.2 Å². The van der Waals surface area contributed by atoms with Crippen molar-refractivity contribution in [3.8, 4) is 11.5 Å². The average molecular weight is 337 g/mol. The summed E-state index contributed by atoms with van der Waals surface area (Å²) in [6, 6.07) is 14.0. The van der Waals surface area contributed by atoms with E-state index in [2.05, 4.69) is 6.07 Å². The molecule has 1 amide bonds. The van der Waals surface area contributed by atoms with Crippen LogP contribution in [0.1, 0.15) is 46.8 Å². The molecule has 1 saturated heterocycles. The van der Waals surface area contributed by atoms with E-state index in [9.17, 15) is 4.79 Å². The van der Waals surface area contributed by atoms with Crippen LogP contribution in [0, 0.1) is 0 Å². The zero-order chi connectivity index (χ0) is 17.2. The monoisotopic (exact) mass is 337 g/mol. The van der Waals surface area contributed by atoms with Crippen LogP contribution in [0.15, 0.2) is 42.5 Å². The van der Waals surface area contributed by atoms with Crippen molar-refractivity contribution in [3.63, 3.8) is 0 Å². The normalized spacial score (nSPS) is 19.2. The Balaban J connectivity index is 1.63. The summed E-state index contributed by atoms with van der Waals surface area (Å²) in [5.74, 6) is 1.87. The van der Waals surface area contributed by atoms with Crippen LogP contribution in [0.3, 0.4) is 0 Å². The lowest BCUT2D eigenvalue weighted by atomic mass is 9.94. The molecular weight excluding hydrogens is 314 g/mol. The standard InChI is InChI=1S/C21H23NO3/c1-24-18-6-4-5-15(14-18)19-7-2-3-11-22(19)21(23)17-8-9-20-16(13-17)10-12-25-20/h4-6,8-9,13-14,19H,2-3,7,10-12H2,1H3/t19-/m0/s1. The quantitative estimate of drug-likeness (QED) is 0.850. The van der Waals surface area contributed by atoms with Crippen molar-refractivity contribution < 1.29 is 14.3 Å². The minimum absolute atomic E-state index is 0.112. The Hall–Kier alpha value is -2.49. The first kappa shape index (κ1) is 16.0. The highest BCUT2D eigenvalue weighted by atomic mass is 16.5. The van der Waals surface area contributed by atoms with Crippen molar-refractivity contribution in [1.29, 1.82) is 0 Å². The molecule has 1 atom stereocenters. The molecule has 2 aromatic carbocycles. The Morgan fingerprint density at radius 2 is 2.12 bits per heavy atom. The van der Waals surface area contributed by atoms with Gasteiger partial charge in [0, 0.05) is 18.5 Å². The minimum atomic E-state index is 0.112. The van der Waals surface area contributed by atoms with E-state index in [-0.39, 0.29) is 11.9 Å². The van der Waals surface area contributed by atoms with Gasteiger partial charge in [-0.05, 0) is 60.7 Å². The molecule has 0 aliphatic carbocycles. The Morgan fingerprint density at radius 1 is 1.20 bits per heavy atom. The van der Waals surface area contributed by atoms with Gasteiger partial charge in [-0.3, -0.25) is 4.79 Å². The van der Waals surface area contributed by atoms with E-state index in [1.807, 2.05) is 41.3 Å². The molecule has 2 aromatic rings. The van der Waals surface area contributed by atoms with Crippen LogP contribution in [0.5, 0.6) is 11.5 Å².